The molecular weight excluding hydrogens is 767 g/mol. The summed E-state index contributed by atoms with van der Waals surface area (Å²) in [5.74, 6) is 0.880. The number of aromatic nitrogens is 1. The summed E-state index contributed by atoms with van der Waals surface area (Å²) in [7, 11) is 0. The minimum atomic E-state index is -0.693. The van der Waals surface area contributed by atoms with Gasteiger partial charge >= 0.3 is 6.03 Å². The molecule has 0 aliphatic carbocycles. The zero-order valence-electron chi connectivity index (χ0n) is 34.3. The minimum absolute atomic E-state index is 0.0984. The highest BCUT2D eigenvalue weighted by molar-refractivity contribution is 5.94. The number of nitrogens with two attached hydrogens (primary N) is 1. The van der Waals surface area contributed by atoms with Crippen molar-refractivity contribution in [2.45, 2.75) is 64.7 Å². The lowest BCUT2D eigenvalue weighted by molar-refractivity contribution is -0.120. The molecular formula is C49H53N7O5. The maximum Gasteiger partial charge on any atom is 0.315 e. The topological polar surface area (TPSA) is 180 Å². The zero-order chi connectivity index (χ0) is 42.8. The van der Waals surface area contributed by atoms with Crippen LogP contribution in [0, 0.1) is 0 Å². The highest BCUT2D eigenvalue weighted by Gasteiger charge is 2.12. The number of nitrogens with one attached hydrogen (secondary N) is 5. The van der Waals surface area contributed by atoms with E-state index in [2.05, 4.69) is 38.5 Å². The number of nitrogens with zero attached hydrogens (tertiary/aromatic N) is 1. The van der Waals surface area contributed by atoms with Gasteiger partial charge in [0, 0.05) is 56.1 Å². The third-order valence-corrected chi connectivity index (χ3v) is 10.0. The second kappa shape index (κ2) is 22.4. The number of aliphatic hydroxyl groups excluding tert-OH is 1. The number of benzene rings is 5. The molecule has 2 atom stereocenters. The van der Waals surface area contributed by atoms with Crippen molar-refractivity contribution in [1.82, 2.24) is 31.6 Å². The number of rotatable bonds is 20. The molecule has 314 valence electrons. The van der Waals surface area contributed by atoms with E-state index in [4.69, 9.17) is 10.5 Å². The van der Waals surface area contributed by atoms with E-state index in [1.165, 1.54) is 0 Å². The van der Waals surface area contributed by atoms with E-state index in [0.29, 0.717) is 56.3 Å². The van der Waals surface area contributed by atoms with E-state index in [0.717, 1.165) is 51.1 Å². The summed E-state index contributed by atoms with van der Waals surface area (Å²) < 4.78 is 5.83. The molecule has 1 aromatic heterocycles. The number of carbonyl (C=O) groups is 3. The fraction of sp³-hybridized carbons (Fsp3) is 0.224. The van der Waals surface area contributed by atoms with Crippen LogP contribution in [0.3, 0.4) is 0 Å². The smallest absolute Gasteiger partial charge is 0.315 e. The molecule has 6 aromatic rings. The first-order chi connectivity index (χ1) is 29.6. The van der Waals surface area contributed by atoms with E-state index in [1.807, 2.05) is 115 Å². The largest absolute Gasteiger partial charge is 0.489 e. The number of nitrogen functional groups attached to an aromatic ring is 1. The summed E-state index contributed by atoms with van der Waals surface area (Å²) in [5.41, 5.74) is 13.7. The van der Waals surface area contributed by atoms with Gasteiger partial charge in [0.05, 0.1) is 12.5 Å². The van der Waals surface area contributed by atoms with Crippen LogP contribution in [-0.4, -0.2) is 40.5 Å². The van der Waals surface area contributed by atoms with Crippen LogP contribution in [0.4, 0.5) is 10.6 Å². The van der Waals surface area contributed by atoms with Crippen LogP contribution in [0.15, 0.2) is 146 Å². The Balaban J connectivity index is 0.843. The van der Waals surface area contributed by atoms with Gasteiger partial charge in [-0.15, -0.1) is 0 Å². The second-order valence-electron chi connectivity index (χ2n) is 15.0. The van der Waals surface area contributed by atoms with Gasteiger partial charge in [0.2, 0.25) is 5.91 Å². The molecule has 4 amide bonds. The van der Waals surface area contributed by atoms with Crippen molar-refractivity contribution >= 4 is 23.7 Å². The third-order valence-electron chi connectivity index (χ3n) is 10.0. The van der Waals surface area contributed by atoms with Gasteiger partial charge in [-0.1, -0.05) is 109 Å². The Labute approximate surface area is 357 Å². The molecule has 0 bridgehead atoms. The molecule has 61 heavy (non-hydrogen) atoms. The van der Waals surface area contributed by atoms with Crippen molar-refractivity contribution < 1.29 is 24.2 Å². The predicted octanol–water partition coefficient (Wildman–Crippen LogP) is 6.29. The predicted molar refractivity (Wildman–Crippen MR) is 237 cm³/mol. The molecule has 0 saturated carbocycles. The third kappa shape index (κ3) is 14.6. The van der Waals surface area contributed by atoms with Crippen LogP contribution in [0.1, 0.15) is 67.9 Å². The fourth-order valence-electron chi connectivity index (χ4n) is 6.49. The average Bonchev–Trinajstić information content (AvgIpc) is 3.28. The van der Waals surface area contributed by atoms with Crippen molar-refractivity contribution in [2.75, 3.05) is 12.3 Å². The molecule has 1 heterocycles. The molecule has 6 rings (SSSR count). The van der Waals surface area contributed by atoms with Crippen LogP contribution in [0.5, 0.6) is 5.75 Å². The van der Waals surface area contributed by atoms with Crippen LogP contribution < -0.4 is 37.1 Å². The van der Waals surface area contributed by atoms with E-state index in [9.17, 15) is 19.5 Å². The van der Waals surface area contributed by atoms with Gasteiger partial charge in [-0.05, 0) is 82.6 Å². The van der Waals surface area contributed by atoms with E-state index < -0.39 is 6.10 Å². The molecule has 0 saturated heterocycles. The molecule has 0 unspecified atom stereocenters. The van der Waals surface area contributed by atoms with Gasteiger partial charge in [-0.2, -0.15) is 0 Å². The number of aliphatic hydroxyl groups is 1. The molecule has 5 aromatic carbocycles. The number of hydrogen-bond acceptors (Lipinski definition) is 8. The SMILES string of the molecule is C[C@H](Cc1cccc(CC(=O)NCc2ccc(C(=O)NCc3ccc(CNC(=O)NCc4ccc(OCc5ccccc5)cc4)cc3)cc2)c1)NC[C@H](O)c1ccc(N)nc1. The first kappa shape index (κ1) is 43.6. The van der Waals surface area contributed by atoms with Crippen LogP contribution in [0.25, 0.3) is 0 Å². The van der Waals surface area contributed by atoms with Crippen molar-refractivity contribution in [1.29, 1.82) is 0 Å². The average molecular weight is 820 g/mol. The van der Waals surface area contributed by atoms with Crippen LogP contribution in [-0.2, 0) is 50.4 Å². The molecule has 0 fully saturated rings. The summed E-state index contributed by atoms with van der Waals surface area (Å²) in [5, 5.41) is 25.5. The normalized spacial score (nSPS) is 11.8. The molecule has 0 aliphatic rings. The maximum atomic E-state index is 12.9. The molecule has 12 nitrogen and oxygen atoms in total. The standard InChI is InChI=1S/C49H53N7O5/c1-34(51-32-45(57)43-20-23-46(50)52-31-43)24-40-8-5-9-41(25-40)26-47(58)53-27-37-14-18-42(19-15-37)48(59)54-28-35-10-12-36(13-11-35)29-55-49(60)56-30-38-16-21-44(22-17-38)61-33-39-6-3-2-4-7-39/h2-23,25,31,34,45,51,57H,24,26-30,32-33H2,1H3,(H2,50,52)(H,53,58)(H,54,59)(H2,55,56,60)/t34-,45+/m1/s1. The van der Waals surface area contributed by atoms with Crippen molar-refractivity contribution in [3.63, 3.8) is 0 Å². The Bertz CT molecular complexity index is 2300. The highest BCUT2D eigenvalue weighted by Crippen LogP contribution is 2.16. The minimum Gasteiger partial charge on any atom is -0.489 e. The van der Waals surface area contributed by atoms with E-state index >= 15 is 0 Å². The lowest BCUT2D eigenvalue weighted by atomic mass is 10.0. The number of ether oxygens (including phenoxy) is 1. The maximum absolute atomic E-state index is 12.9. The van der Waals surface area contributed by atoms with Gasteiger partial charge < -0.3 is 42.2 Å². The van der Waals surface area contributed by atoms with Gasteiger partial charge in [0.1, 0.15) is 18.2 Å². The lowest BCUT2D eigenvalue weighted by Crippen LogP contribution is -2.34. The number of hydrogen-bond donors (Lipinski definition) is 7. The number of carbonyl (C=O) groups excluding carboxylic acids is 3. The van der Waals surface area contributed by atoms with E-state index in [-0.39, 0.29) is 30.3 Å². The van der Waals surface area contributed by atoms with Gasteiger partial charge in [0.15, 0.2) is 0 Å². The van der Waals surface area contributed by atoms with Crippen molar-refractivity contribution in [3.8, 4) is 5.75 Å². The summed E-state index contributed by atoms with van der Waals surface area (Å²) in [4.78, 5) is 42.2. The quantitative estimate of drug-likeness (QED) is 0.0470. The fourth-order valence-corrected chi connectivity index (χ4v) is 6.49. The Hall–Kier alpha value is -7.02. The Morgan fingerprint density at radius 3 is 1.85 bits per heavy atom. The molecule has 0 aliphatic heterocycles. The Kier molecular flexibility index (Phi) is 16.0. The van der Waals surface area contributed by atoms with Crippen LogP contribution in [0.2, 0.25) is 0 Å². The van der Waals surface area contributed by atoms with E-state index in [1.54, 1.807) is 30.5 Å². The number of urea groups is 1. The highest BCUT2D eigenvalue weighted by atomic mass is 16.5. The van der Waals surface area contributed by atoms with Gasteiger partial charge in [0.25, 0.3) is 5.91 Å². The first-order valence-electron chi connectivity index (χ1n) is 20.3. The first-order valence-corrected chi connectivity index (χ1v) is 20.3. The summed E-state index contributed by atoms with van der Waals surface area (Å²) in [6.45, 7) is 4.37. The van der Waals surface area contributed by atoms with Crippen LogP contribution >= 0.6 is 0 Å². The molecule has 0 radical (unpaired) electrons. The number of pyridine rings is 1. The Morgan fingerprint density at radius 1 is 0.639 bits per heavy atom. The monoisotopic (exact) mass is 819 g/mol. The van der Waals surface area contributed by atoms with Crippen molar-refractivity contribution in [3.05, 3.63) is 196 Å². The lowest BCUT2D eigenvalue weighted by Gasteiger charge is -2.18. The van der Waals surface area contributed by atoms with Gasteiger partial charge in [-0.3, -0.25) is 9.59 Å². The molecule has 0 spiro atoms. The summed E-state index contributed by atoms with van der Waals surface area (Å²) in [6.07, 6.45) is 1.87. The van der Waals surface area contributed by atoms with Crippen molar-refractivity contribution in [2.24, 2.45) is 0 Å². The summed E-state index contributed by atoms with van der Waals surface area (Å²) in [6, 6.07) is 43.7. The Morgan fingerprint density at radius 2 is 1.21 bits per heavy atom. The zero-order valence-corrected chi connectivity index (χ0v) is 34.3. The number of amides is 4. The van der Waals surface area contributed by atoms with Gasteiger partial charge in [-0.25, -0.2) is 9.78 Å². The molecule has 8 N–H and O–H groups in total. The summed E-state index contributed by atoms with van der Waals surface area (Å²) >= 11 is 0. The second-order valence-corrected chi connectivity index (χ2v) is 15.0. The number of anilines is 1. The molecule has 12 heteroatoms.